The Bertz CT molecular complexity index is 882. The maximum absolute atomic E-state index is 12.6. The number of rotatable bonds is 5. The van der Waals surface area contributed by atoms with Crippen LogP contribution in [-0.4, -0.2) is 95.0 Å². The topological polar surface area (TPSA) is 104 Å². The lowest BCUT2D eigenvalue weighted by atomic mass is 10.3. The largest absolute Gasteiger partial charge is 0.379 e. The zero-order valence-electron chi connectivity index (χ0n) is 15.0. The predicted octanol–water partition coefficient (Wildman–Crippen LogP) is -0.585. The second-order valence-corrected chi connectivity index (χ2v) is 11.8. The number of ether oxygens (including phenoxy) is 1. The normalized spacial score (nSPS) is 20.7. The summed E-state index contributed by atoms with van der Waals surface area (Å²) in [5, 5.41) is 0. The Kier molecular flexibility index (Phi) is 6.23. The number of carbonyl (C=O) groups excluding carboxylic acids is 1. The summed E-state index contributed by atoms with van der Waals surface area (Å²) in [6.45, 7) is 2.69. The van der Waals surface area contributed by atoms with Gasteiger partial charge in [0.1, 0.15) is 4.21 Å². The van der Waals surface area contributed by atoms with Gasteiger partial charge in [-0.3, -0.25) is 4.79 Å². The van der Waals surface area contributed by atoms with Crippen LogP contribution in [0.3, 0.4) is 0 Å². The van der Waals surface area contributed by atoms with E-state index in [1.807, 2.05) is 0 Å². The first-order chi connectivity index (χ1) is 12.7. The Hall–Kier alpha value is -1.05. The number of amides is 1. The van der Waals surface area contributed by atoms with Gasteiger partial charge in [-0.15, -0.1) is 11.3 Å². The van der Waals surface area contributed by atoms with Crippen LogP contribution in [0.25, 0.3) is 0 Å². The average Bonchev–Trinajstić information content (AvgIpc) is 3.11. The molecule has 0 N–H and O–H groups in total. The van der Waals surface area contributed by atoms with Crippen molar-refractivity contribution in [1.29, 1.82) is 0 Å². The molecule has 1 aromatic heterocycles. The standard InChI is InChI=1S/C15H23N3O6S3/c1-26(20,21)17-6-4-16(5-7-17)14(19)12-13-2-3-15(25-13)27(22,23)18-8-10-24-11-9-18/h2-3H,4-12H2,1H3. The molecule has 0 aromatic carbocycles. The van der Waals surface area contributed by atoms with E-state index in [1.165, 1.54) is 8.61 Å². The third-order valence-corrected chi connectivity index (χ3v) is 9.34. The van der Waals surface area contributed by atoms with Crippen LogP contribution in [0, 0.1) is 0 Å². The smallest absolute Gasteiger partial charge is 0.252 e. The third-order valence-electron chi connectivity index (χ3n) is 4.59. The molecule has 2 saturated heterocycles. The van der Waals surface area contributed by atoms with Gasteiger partial charge in [0, 0.05) is 44.1 Å². The van der Waals surface area contributed by atoms with Crippen LogP contribution >= 0.6 is 11.3 Å². The lowest BCUT2D eigenvalue weighted by molar-refractivity contribution is -0.131. The van der Waals surface area contributed by atoms with Crippen LogP contribution in [0.15, 0.2) is 16.3 Å². The molecular formula is C15H23N3O6S3. The summed E-state index contributed by atoms with van der Waals surface area (Å²) in [5.41, 5.74) is 0. The summed E-state index contributed by atoms with van der Waals surface area (Å²) in [5.74, 6) is -0.125. The van der Waals surface area contributed by atoms with Gasteiger partial charge in [-0.1, -0.05) is 0 Å². The van der Waals surface area contributed by atoms with E-state index in [9.17, 15) is 21.6 Å². The minimum atomic E-state index is -3.55. The van der Waals surface area contributed by atoms with Crippen LogP contribution in [0.4, 0.5) is 0 Å². The zero-order chi connectivity index (χ0) is 19.7. The molecule has 2 fully saturated rings. The van der Waals surface area contributed by atoms with Crippen molar-refractivity contribution < 1.29 is 26.4 Å². The van der Waals surface area contributed by atoms with E-state index in [4.69, 9.17) is 4.74 Å². The summed E-state index contributed by atoms with van der Waals surface area (Å²) in [7, 11) is -6.79. The first-order valence-corrected chi connectivity index (χ1v) is 12.7. The molecule has 0 aliphatic carbocycles. The molecule has 0 spiro atoms. The van der Waals surface area contributed by atoms with E-state index in [-0.39, 0.29) is 29.6 Å². The maximum atomic E-state index is 12.6. The van der Waals surface area contributed by atoms with Crippen molar-refractivity contribution >= 4 is 37.3 Å². The van der Waals surface area contributed by atoms with E-state index < -0.39 is 20.0 Å². The van der Waals surface area contributed by atoms with Gasteiger partial charge in [-0.2, -0.15) is 8.61 Å². The van der Waals surface area contributed by atoms with Crippen LogP contribution in [0.5, 0.6) is 0 Å². The van der Waals surface area contributed by atoms with E-state index in [2.05, 4.69) is 0 Å². The molecule has 0 unspecified atom stereocenters. The summed E-state index contributed by atoms with van der Waals surface area (Å²) in [6, 6.07) is 3.21. The number of nitrogens with zero attached hydrogens (tertiary/aromatic N) is 3. The van der Waals surface area contributed by atoms with E-state index in [0.717, 1.165) is 17.6 Å². The van der Waals surface area contributed by atoms with E-state index >= 15 is 0 Å². The van der Waals surface area contributed by atoms with Crippen molar-refractivity contribution in [3.8, 4) is 0 Å². The molecule has 0 radical (unpaired) electrons. The van der Waals surface area contributed by atoms with Crippen molar-refractivity contribution in [1.82, 2.24) is 13.5 Å². The maximum Gasteiger partial charge on any atom is 0.252 e. The van der Waals surface area contributed by atoms with Crippen LogP contribution in [0.1, 0.15) is 4.88 Å². The monoisotopic (exact) mass is 437 g/mol. The molecule has 2 aliphatic heterocycles. The number of carbonyl (C=O) groups is 1. The van der Waals surface area contributed by atoms with Crippen molar-refractivity contribution in [3.05, 3.63) is 17.0 Å². The number of piperazine rings is 1. The average molecular weight is 438 g/mol. The Morgan fingerprint density at radius 1 is 1.00 bits per heavy atom. The highest BCUT2D eigenvalue weighted by Crippen LogP contribution is 2.26. The number of thiophene rings is 1. The second kappa shape index (κ2) is 8.13. The van der Waals surface area contributed by atoms with E-state index in [1.54, 1.807) is 17.0 Å². The molecule has 0 saturated carbocycles. The van der Waals surface area contributed by atoms with Gasteiger partial charge in [0.05, 0.1) is 25.9 Å². The Morgan fingerprint density at radius 2 is 1.63 bits per heavy atom. The molecule has 1 amide bonds. The highest BCUT2D eigenvalue weighted by atomic mass is 32.2. The van der Waals surface area contributed by atoms with Crippen LogP contribution < -0.4 is 0 Å². The molecule has 2 aliphatic rings. The van der Waals surface area contributed by atoms with Gasteiger partial charge in [-0.05, 0) is 12.1 Å². The first kappa shape index (κ1) is 20.7. The molecule has 0 bridgehead atoms. The fraction of sp³-hybridized carbons (Fsp3) is 0.667. The summed E-state index contributed by atoms with van der Waals surface area (Å²) < 4.78 is 56.5. The lowest BCUT2D eigenvalue weighted by Gasteiger charge is -2.33. The molecular weight excluding hydrogens is 414 g/mol. The van der Waals surface area contributed by atoms with Crippen molar-refractivity contribution in [2.45, 2.75) is 10.6 Å². The lowest BCUT2D eigenvalue weighted by Crippen LogP contribution is -2.50. The summed E-state index contributed by atoms with van der Waals surface area (Å²) in [4.78, 5) is 14.8. The zero-order valence-corrected chi connectivity index (χ0v) is 17.5. The molecule has 3 rings (SSSR count). The molecule has 12 heteroatoms. The van der Waals surface area contributed by atoms with Crippen LogP contribution in [-0.2, 0) is 36.0 Å². The first-order valence-electron chi connectivity index (χ1n) is 8.57. The van der Waals surface area contributed by atoms with Crippen LogP contribution in [0.2, 0.25) is 0 Å². The number of hydrogen-bond acceptors (Lipinski definition) is 7. The number of morpholine rings is 1. The second-order valence-electron chi connectivity index (χ2n) is 6.46. The fourth-order valence-corrected chi connectivity index (χ4v) is 6.77. The number of sulfonamides is 2. The third kappa shape index (κ3) is 4.87. The Morgan fingerprint density at radius 3 is 2.22 bits per heavy atom. The Balaban J connectivity index is 1.60. The predicted molar refractivity (Wildman–Crippen MR) is 101 cm³/mol. The molecule has 1 aromatic rings. The van der Waals surface area contributed by atoms with E-state index in [0.29, 0.717) is 44.3 Å². The van der Waals surface area contributed by atoms with Gasteiger partial charge in [0.25, 0.3) is 10.0 Å². The van der Waals surface area contributed by atoms with Gasteiger partial charge >= 0.3 is 0 Å². The molecule has 9 nitrogen and oxygen atoms in total. The quantitative estimate of drug-likeness (QED) is 0.610. The molecule has 0 atom stereocenters. The van der Waals surface area contributed by atoms with Crippen molar-refractivity contribution in [2.24, 2.45) is 0 Å². The minimum Gasteiger partial charge on any atom is -0.379 e. The van der Waals surface area contributed by atoms with Gasteiger partial charge in [-0.25, -0.2) is 16.8 Å². The summed E-state index contributed by atoms with van der Waals surface area (Å²) >= 11 is 1.11. The minimum absolute atomic E-state index is 0.113. The van der Waals surface area contributed by atoms with Crippen molar-refractivity contribution in [3.63, 3.8) is 0 Å². The highest BCUT2D eigenvalue weighted by Gasteiger charge is 2.29. The molecule has 3 heterocycles. The summed E-state index contributed by atoms with van der Waals surface area (Å²) in [6.07, 6.45) is 1.27. The SMILES string of the molecule is CS(=O)(=O)N1CCN(C(=O)Cc2ccc(S(=O)(=O)N3CCOCC3)s2)CC1. The van der Waals surface area contributed by atoms with Crippen molar-refractivity contribution in [2.75, 3.05) is 58.7 Å². The highest BCUT2D eigenvalue weighted by molar-refractivity contribution is 7.91. The van der Waals surface area contributed by atoms with Gasteiger partial charge in [0.2, 0.25) is 15.9 Å². The van der Waals surface area contributed by atoms with Gasteiger partial charge < -0.3 is 9.64 Å². The number of hydrogen-bond donors (Lipinski definition) is 0. The Labute approximate surface area is 163 Å². The fourth-order valence-electron chi connectivity index (χ4n) is 3.04. The van der Waals surface area contributed by atoms with Gasteiger partial charge in [0.15, 0.2) is 0 Å². The molecule has 27 heavy (non-hydrogen) atoms. The molecule has 152 valence electrons.